The number of hydrogen-bond acceptors (Lipinski definition) is 3. The summed E-state index contributed by atoms with van der Waals surface area (Å²) in [6.07, 6.45) is 2.28. The zero-order chi connectivity index (χ0) is 17.6. The van der Waals surface area contributed by atoms with Gasteiger partial charge in [0.2, 0.25) is 5.52 Å². The highest BCUT2D eigenvalue weighted by Gasteiger charge is 2.27. The first-order valence-corrected chi connectivity index (χ1v) is 10.6. The maximum absolute atomic E-state index is 6.20. The van der Waals surface area contributed by atoms with E-state index in [0.717, 1.165) is 23.1 Å². The van der Waals surface area contributed by atoms with Gasteiger partial charge >= 0.3 is 0 Å². The lowest BCUT2D eigenvalue weighted by Crippen LogP contribution is -3.00. The average molecular weight is 444 g/mol. The molecule has 0 radical (unpaired) electrons. The SMILES string of the molecule is CCN1/C(=C/c2sc3ccc(Cl)cc3[n+]2CC)Sc2ccc(Cl)cc21.[Cl-]. The number of rotatable bonds is 3. The van der Waals surface area contributed by atoms with E-state index < -0.39 is 0 Å². The lowest BCUT2D eigenvalue weighted by Gasteiger charge is -2.17. The third-order valence-electron chi connectivity index (χ3n) is 4.26. The zero-order valence-electron chi connectivity index (χ0n) is 14.3. The fourth-order valence-electron chi connectivity index (χ4n) is 3.12. The zero-order valence-corrected chi connectivity index (χ0v) is 18.2. The molecule has 26 heavy (non-hydrogen) atoms. The smallest absolute Gasteiger partial charge is 0.265 e. The summed E-state index contributed by atoms with van der Waals surface area (Å²) >= 11 is 16.0. The van der Waals surface area contributed by atoms with Crippen molar-refractivity contribution in [1.29, 1.82) is 0 Å². The highest BCUT2D eigenvalue weighted by Crippen LogP contribution is 2.47. The van der Waals surface area contributed by atoms with Crippen molar-refractivity contribution in [2.24, 2.45) is 0 Å². The molecule has 4 rings (SSSR count). The van der Waals surface area contributed by atoms with Crippen LogP contribution in [-0.4, -0.2) is 6.54 Å². The third kappa shape index (κ3) is 3.46. The van der Waals surface area contributed by atoms with Crippen molar-refractivity contribution in [1.82, 2.24) is 0 Å². The number of anilines is 1. The van der Waals surface area contributed by atoms with Gasteiger partial charge in [-0.25, -0.2) is 0 Å². The fourth-order valence-corrected chi connectivity index (χ4v) is 5.82. The van der Waals surface area contributed by atoms with E-state index in [0.29, 0.717) is 0 Å². The van der Waals surface area contributed by atoms with Crippen LogP contribution in [-0.2, 0) is 6.54 Å². The second kappa shape index (κ2) is 7.99. The lowest BCUT2D eigenvalue weighted by atomic mass is 10.3. The molecular weight excluding hydrogens is 427 g/mol. The number of aromatic nitrogens is 1. The van der Waals surface area contributed by atoms with Crippen molar-refractivity contribution < 1.29 is 17.0 Å². The van der Waals surface area contributed by atoms with Crippen molar-refractivity contribution in [2.45, 2.75) is 25.3 Å². The van der Waals surface area contributed by atoms with Crippen molar-refractivity contribution in [3.8, 4) is 0 Å². The highest BCUT2D eigenvalue weighted by atomic mass is 35.5. The Bertz CT molecular complexity index is 998. The number of halogens is 3. The Balaban J connectivity index is 0.00000196. The Hall–Kier alpha value is -0.910. The molecule has 0 atom stereocenters. The van der Waals surface area contributed by atoms with Gasteiger partial charge in [-0.05, 0) is 44.2 Å². The van der Waals surface area contributed by atoms with Crippen LogP contribution in [0.15, 0.2) is 46.3 Å². The number of fused-ring (bicyclic) bond motifs is 2. The molecule has 0 spiro atoms. The molecule has 0 aliphatic carbocycles. The van der Waals surface area contributed by atoms with Gasteiger partial charge in [0.15, 0.2) is 0 Å². The van der Waals surface area contributed by atoms with E-state index in [1.165, 1.54) is 30.8 Å². The van der Waals surface area contributed by atoms with Crippen molar-refractivity contribution in [3.63, 3.8) is 0 Å². The van der Waals surface area contributed by atoms with Crippen molar-refractivity contribution >= 4 is 68.3 Å². The highest BCUT2D eigenvalue weighted by molar-refractivity contribution is 8.03. The monoisotopic (exact) mass is 442 g/mol. The van der Waals surface area contributed by atoms with Gasteiger partial charge in [-0.2, -0.15) is 4.57 Å². The Morgan fingerprint density at radius 2 is 1.81 bits per heavy atom. The maximum atomic E-state index is 6.20. The van der Waals surface area contributed by atoms with Crippen molar-refractivity contribution in [3.05, 3.63) is 56.5 Å². The van der Waals surface area contributed by atoms with Gasteiger partial charge in [0.05, 0.1) is 16.8 Å². The summed E-state index contributed by atoms with van der Waals surface area (Å²) < 4.78 is 3.58. The minimum atomic E-state index is 0. The summed E-state index contributed by atoms with van der Waals surface area (Å²) in [6, 6.07) is 12.2. The Kier molecular flexibility index (Phi) is 6.10. The molecule has 2 aromatic carbocycles. The van der Waals surface area contributed by atoms with Crippen molar-refractivity contribution in [2.75, 3.05) is 11.4 Å². The van der Waals surface area contributed by atoms with Gasteiger partial charge in [0.1, 0.15) is 11.2 Å². The first kappa shape index (κ1) is 19.8. The average Bonchev–Trinajstić information content (AvgIpc) is 3.11. The van der Waals surface area contributed by atoms with Crippen LogP contribution in [0.3, 0.4) is 0 Å². The predicted molar refractivity (Wildman–Crippen MR) is 111 cm³/mol. The van der Waals surface area contributed by atoms with Crippen LogP contribution in [0.25, 0.3) is 16.3 Å². The van der Waals surface area contributed by atoms with Crippen LogP contribution in [0.2, 0.25) is 10.0 Å². The van der Waals surface area contributed by atoms with Gasteiger partial charge < -0.3 is 17.3 Å². The van der Waals surface area contributed by atoms with Crippen LogP contribution in [0, 0.1) is 0 Å². The molecule has 1 aliphatic rings. The van der Waals surface area contributed by atoms with Crippen LogP contribution >= 0.6 is 46.3 Å². The number of nitrogens with zero attached hydrogens (tertiary/aromatic N) is 2. The Morgan fingerprint density at radius 1 is 1.08 bits per heavy atom. The molecule has 7 heteroatoms. The molecule has 136 valence electrons. The number of thioether (sulfide) groups is 1. The normalized spacial score (nSPS) is 14.8. The molecule has 2 heterocycles. The predicted octanol–water partition coefficient (Wildman–Crippen LogP) is 3.45. The first-order chi connectivity index (χ1) is 12.1. The van der Waals surface area contributed by atoms with E-state index in [1.54, 1.807) is 23.1 Å². The summed E-state index contributed by atoms with van der Waals surface area (Å²) in [5, 5.41) is 4.03. The second-order valence-electron chi connectivity index (χ2n) is 5.74. The quantitative estimate of drug-likeness (QED) is 0.572. The van der Waals surface area contributed by atoms with E-state index in [-0.39, 0.29) is 12.4 Å². The molecule has 0 amide bonds. The van der Waals surface area contributed by atoms with E-state index in [4.69, 9.17) is 23.2 Å². The standard InChI is InChI=1S/C19H17Cl2N2S2.ClH/c1-3-22-14-9-12(20)5-7-16(14)24-18(22)11-19-23(4-2)15-10-13(21)6-8-17(15)25-19;/h5-11H,3-4H2,1-2H3;1H/q+1;/p-1. The van der Waals surface area contributed by atoms with Crippen LogP contribution in [0.4, 0.5) is 5.69 Å². The van der Waals surface area contributed by atoms with E-state index in [9.17, 15) is 0 Å². The van der Waals surface area contributed by atoms with Gasteiger partial charge in [-0.15, -0.1) is 0 Å². The molecule has 1 aromatic heterocycles. The topological polar surface area (TPSA) is 7.12 Å². The molecule has 0 unspecified atom stereocenters. The molecule has 0 bridgehead atoms. The largest absolute Gasteiger partial charge is 1.00 e. The van der Waals surface area contributed by atoms with Gasteiger partial charge in [0.25, 0.3) is 5.01 Å². The van der Waals surface area contributed by atoms with E-state index in [1.807, 2.05) is 24.3 Å². The minimum Gasteiger partial charge on any atom is -1.00 e. The van der Waals surface area contributed by atoms with E-state index in [2.05, 4.69) is 41.5 Å². The second-order valence-corrected chi connectivity index (χ2v) is 8.73. The molecule has 0 saturated carbocycles. The number of thiazole rings is 1. The summed E-state index contributed by atoms with van der Waals surface area (Å²) in [4.78, 5) is 3.58. The third-order valence-corrected chi connectivity index (χ3v) is 6.96. The molecule has 0 fully saturated rings. The molecular formula is C19H17Cl3N2S2. The van der Waals surface area contributed by atoms with Gasteiger partial charge in [-0.1, -0.05) is 46.3 Å². The lowest BCUT2D eigenvalue weighted by molar-refractivity contribution is -0.665. The summed E-state index contributed by atoms with van der Waals surface area (Å²) in [5.41, 5.74) is 2.39. The summed E-state index contributed by atoms with van der Waals surface area (Å²) in [5.74, 6) is 0. The number of hydrogen-bond donors (Lipinski definition) is 0. The summed E-state index contributed by atoms with van der Waals surface area (Å²) in [6.45, 7) is 6.16. The maximum Gasteiger partial charge on any atom is 0.265 e. The number of benzene rings is 2. The number of aryl methyl sites for hydroxylation is 1. The summed E-state index contributed by atoms with van der Waals surface area (Å²) in [7, 11) is 0. The van der Waals surface area contributed by atoms with Crippen LogP contribution < -0.4 is 21.9 Å². The molecule has 3 aromatic rings. The Labute approximate surface area is 177 Å². The fraction of sp³-hybridized carbons (Fsp3) is 0.211. The molecule has 0 N–H and O–H groups in total. The van der Waals surface area contributed by atoms with Crippen LogP contribution in [0.5, 0.6) is 0 Å². The minimum absolute atomic E-state index is 0. The van der Waals surface area contributed by atoms with E-state index >= 15 is 0 Å². The molecule has 1 aliphatic heterocycles. The molecule has 0 saturated heterocycles. The van der Waals surface area contributed by atoms with Crippen LogP contribution in [0.1, 0.15) is 18.9 Å². The van der Waals surface area contributed by atoms with Gasteiger partial charge in [-0.3, -0.25) is 0 Å². The molecule has 2 nitrogen and oxygen atoms in total. The Morgan fingerprint density at radius 3 is 2.54 bits per heavy atom. The van der Waals surface area contributed by atoms with Gasteiger partial charge in [0, 0.05) is 27.6 Å². The first-order valence-electron chi connectivity index (χ1n) is 8.19.